The van der Waals surface area contributed by atoms with Crippen molar-refractivity contribution in [3.63, 3.8) is 0 Å². The third kappa shape index (κ3) is 5.71. The Bertz CT molecular complexity index is 1140. The minimum Gasteiger partial charge on any atom is -0.395 e. The van der Waals surface area contributed by atoms with E-state index in [1.54, 1.807) is 4.57 Å². The van der Waals surface area contributed by atoms with Crippen molar-refractivity contribution in [2.75, 3.05) is 13.2 Å². The minimum absolute atomic E-state index is 0.0112. The molecule has 0 bridgehead atoms. The molecule has 32 heavy (non-hydrogen) atoms. The van der Waals surface area contributed by atoms with Crippen LogP contribution in [-0.4, -0.2) is 36.3 Å². The van der Waals surface area contributed by atoms with Crippen molar-refractivity contribution in [3.05, 3.63) is 75.7 Å². The van der Waals surface area contributed by atoms with Gasteiger partial charge in [0, 0.05) is 23.0 Å². The lowest BCUT2D eigenvalue weighted by atomic mass is 10.1. The highest BCUT2D eigenvalue weighted by molar-refractivity contribution is 7.91. The Labute approximate surface area is 198 Å². The van der Waals surface area contributed by atoms with Gasteiger partial charge in [0.1, 0.15) is 5.82 Å². The summed E-state index contributed by atoms with van der Waals surface area (Å²) in [5.74, 6) is 0.390. The van der Waals surface area contributed by atoms with E-state index < -0.39 is 9.84 Å². The molecule has 0 aliphatic carbocycles. The van der Waals surface area contributed by atoms with Crippen LogP contribution in [0, 0.1) is 0 Å². The predicted molar refractivity (Wildman–Crippen MR) is 125 cm³/mol. The molecule has 2 aromatic carbocycles. The number of aromatic nitrogens is 2. The second-order valence-electron chi connectivity index (χ2n) is 7.65. The molecule has 0 aliphatic rings. The lowest BCUT2D eigenvalue weighted by Gasteiger charge is -2.14. The van der Waals surface area contributed by atoms with Crippen LogP contribution in [-0.2, 0) is 34.1 Å². The Balaban J connectivity index is 1.95. The Kier molecular flexibility index (Phi) is 8.36. The predicted octanol–water partition coefficient (Wildman–Crippen LogP) is 4.90. The first-order valence-electron chi connectivity index (χ1n) is 10.3. The summed E-state index contributed by atoms with van der Waals surface area (Å²) < 4.78 is 34.5. The highest BCUT2D eigenvalue weighted by atomic mass is 35.5. The molecule has 172 valence electrons. The normalized spacial score (nSPS) is 11.9. The Morgan fingerprint density at radius 2 is 1.75 bits per heavy atom. The number of benzene rings is 2. The zero-order valence-electron chi connectivity index (χ0n) is 18.0. The van der Waals surface area contributed by atoms with E-state index in [-0.39, 0.29) is 39.0 Å². The largest absolute Gasteiger partial charge is 0.395 e. The molecule has 0 unspecified atom stereocenters. The van der Waals surface area contributed by atoms with Crippen LogP contribution in [0.2, 0.25) is 10.0 Å². The van der Waals surface area contributed by atoms with Gasteiger partial charge in [-0.15, -0.1) is 0 Å². The van der Waals surface area contributed by atoms with Gasteiger partial charge in [0.2, 0.25) is 9.84 Å². The number of ether oxygens (including phenoxy) is 1. The third-order valence-corrected chi connectivity index (χ3v) is 7.11. The Hall–Kier alpha value is -1.90. The van der Waals surface area contributed by atoms with Crippen molar-refractivity contribution < 1.29 is 18.3 Å². The molecular weight excluding hydrogens is 471 g/mol. The maximum absolute atomic E-state index is 13.6. The number of hydrogen-bond donors (Lipinski definition) is 1. The fourth-order valence-corrected chi connectivity index (χ4v) is 5.89. The third-order valence-electron chi connectivity index (χ3n) is 4.88. The van der Waals surface area contributed by atoms with Gasteiger partial charge < -0.3 is 14.4 Å². The number of nitrogens with zero attached hydrogens (tertiary/aromatic N) is 2. The van der Waals surface area contributed by atoms with E-state index in [1.165, 1.54) is 18.2 Å². The van der Waals surface area contributed by atoms with Gasteiger partial charge in [-0.25, -0.2) is 13.4 Å². The number of imidazole rings is 1. The summed E-state index contributed by atoms with van der Waals surface area (Å²) >= 11 is 12.1. The molecule has 0 saturated carbocycles. The van der Waals surface area contributed by atoms with Gasteiger partial charge in [0.25, 0.3) is 0 Å². The summed E-state index contributed by atoms with van der Waals surface area (Å²) in [6.45, 7) is 4.43. The molecule has 3 aromatic rings. The molecule has 0 fully saturated rings. The summed E-state index contributed by atoms with van der Waals surface area (Å²) in [6, 6.07) is 14.0. The molecule has 1 N–H and O–H groups in total. The highest BCUT2D eigenvalue weighted by Gasteiger charge is 2.31. The number of rotatable bonds is 10. The number of aliphatic hydroxyl groups excluding tert-OH is 1. The second-order valence-corrected chi connectivity index (χ2v) is 10.4. The van der Waals surface area contributed by atoms with Gasteiger partial charge in [-0.05, 0) is 29.7 Å². The molecule has 0 radical (unpaired) electrons. The Morgan fingerprint density at radius 1 is 1.09 bits per heavy atom. The average molecular weight is 497 g/mol. The highest BCUT2D eigenvalue weighted by Crippen LogP contribution is 2.32. The first kappa shape index (κ1) is 24.7. The van der Waals surface area contributed by atoms with Gasteiger partial charge in [-0.2, -0.15) is 0 Å². The van der Waals surface area contributed by atoms with E-state index in [4.69, 9.17) is 27.9 Å². The van der Waals surface area contributed by atoms with Crippen molar-refractivity contribution in [2.24, 2.45) is 0 Å². The van der Waals surface area contributed by atoms with Gasteiger partial charge in [-0.3, -0.25) is 0 Å². The van der Waals surface area contributed by atoms with E-state index in [0.717, 1.165) is 5.56 Å². The molecule has 0 amide bonds. The molecule has 6 nitrogen and oxygen atoms in total. The zero-order chi connectivity index (χ0) is 23.3. The van der Waals surface area contributed by atoms with E-state index in [2.05, 4.69) is 4.98 Å². The molecule has 1 aromatic heterocycles. The van der Waals surface area contributed by atoms with E-state index >= 15 is 0 Å². The van der Waals surface area contributed by atoms with Crippen LogP contribution < -0.4 is 0 Å². The zero-order valence-corrected chi connectivity index (χ0v) is 20.3. The molecule has 3 rings (SSSR count). The van der Waals surface area contributed by atoms with Gasteiger partial charge in [0.05, 0.1) is 30.4 Å². The molecule has 9 heteroatoms. The second kappa shape index (κ2) is 10.8. The number of sulfone groups is 1. The van der Waals surface area contributed by atoms with Crippen LogP contribution in [0.1, 0.15) is 36.8 Å². The van der Waals surface area contributed by atoms with E-state index in [0.29, 0.717) is 31.2 Å². The van der Waals surface area contributed by atoms with Crippen molar-refractivity contribution in [1.82, 2.24) is 9.55 Å². The first-order valence-corrected chi connectivity index (χ1v) is 12.5. The van der Waals surface area contributed by atoms with Gasteiger partial charge in [-0.1, -0.05) is 67.4 Å². The molecule has 0 aliphatic heterocycles. The van der Waals surface area contributed by atoms with Crippen LogP contribution >= 0.6 is 23.2 Å². The standard InChI is InChI=1S/C23H26Cl2N2O4S/c1-16(2)22-23(32(29,30)20-13-18(24)12-19(25)14-20)27(9-10-28)21(26-22)8-11-31-15-17-6-4-3-5-7-17/h3-7,12-14,16,28H,8-11,15H2,1-2H3. The van der Waals surface area contributed by atoms with Crippen LogP contribution in [0.25, 0.3) is 0 Å². The lowest BCUT2D eigenvalue weighted by molar-refractivity contribution is 0.121. The lowest BCUT2D eigenvalue weighted by Crippen LogP contribution is -2.17. The maximum Gasteiger partial charge on any atom is 0.224 e. The van der Waals surface area contributed by atoms with Crippen molar-refractivity contribution in [2.45, 2.75) is 49.3 Å². The number of aliphatic hydroxyl groups is 1. The summed E-state index contributed by atoms with van der Waals surface area (Å²) in [6.07, 6.45) is 0.401. The molecule has 0 saturated heterocycles. The monoisotopic (exact) mass is 496 g/mol. The van der Waals surface area contributed by atoms with Crippen molar-refractivity contribution in [1.29, 1.82) is 0 Å². The minimum atomic E-state index is -3.99. The fourth-order valence-electron chi connectivity index (χ4n) is 3.41. The summed E-state index contributed by atoms with van der Waals surface area (Å²) in [7, 11) is -3.99. The molecule has 1 heterocycles. The molecule has 0 atom stereocenters. The average Bonchev–Trinajstić information content (AvgIpc) is 3.11. The molecular formula is C23H26Cl2N2O4S. The van der Waals surface area contributed by atoms with Gasteiger partial charge in [0.15, 0.2) is 5.03 Å². The van der Waals surface area contributed by atoms with Crippen LogP contribution in [0.3, 0.4) is 0 Å². The molecule has 0 spiro atoms. The van der Waals surface area contributed by atoms with E-state index in [9.17, 15) is 13.5 Å². The summed E-state index contributed by atoms with van der Waals surface area (Å²) in [5, 5.41) is 10.2. The topological polar surface area (TPSA) is 81.4 Å². The van der Waals surface area contributed by atoms with Crippen LogP contribution in [0.5, 0.6) is 0 Å². The quantitative estimate of drug-likeness (QED) is 0.403. The van der Waals surface area contributed by atoms with Gasteiger partial charge >= 0.3 is 0 Å². The number of hydrogen-bond acceptors (Lipinski definition) is 5. The first-order chi connectivity index (χ1) is 15.2. The van der Waals surface area contributed by atoms with Crippen molar-refractivity contribution >= 4 is 33.0 Å². The Morgan fingerprint density at radius 3 is 2.34 bits per heavy atom. The maximum atomic E-state index is 13.6. The van der Waals surface area contributed by atoms with Crippen molar-refractivity contribution in [3.8, 4) is 0 Å². The number of halogens is 2. The SMILES string of the molecule is CC(C)c1nc(CCOCc2ccccc2)n(CCO)c1S(=O)(=O)c1cc(Cl)cc(Cl)c1. The van der Waals surface area contributed by atoms with Crippen LogP contribution in [0.15, 0.2) is 58.5 Å². The fraction of sp³-hybridized carbons (Fsp3) is 0.348. The smallest absolute Gasteiger partial charge is 0.224 e. The summed E-state index contributed by atoms with van der Waals surface area (Å²) in [5.41, 5.74) is 1.49. The summed E-state index contributed by atoms with van der Waals surface area (Å²) in [4.78, 5) is 4.62. The van der Waals surface area contributed by atoms with E-state index in [1.807, 2.05) is 44.2 Å². The van der Waals surface area contributed by atoms with Crippen LogP contribution in [0.4, 0.5) is 0 Å².